The molecule has 1 aromatic carbocycles. The fourth-order valence-electron chi connectivity index (χ4n) is 2.45. The lowest BCUT2D eigenvalue weighted by atomic mass is 9.97. The SMILES string of the molecule is O=C(O)c1ccc2c(c1)CN(C(=O)c1ccc(Cl)s1)CC2. The van der Waals surface area contributed by atoms with Crippen molar-refractivity contribution in [3.05, 3.63) is 56.2 Å². The summed E-state index contributed by atoms with van der Waals surface area (Å²) >= 11 is 7.12. The van der Waals surface area contributed by atoms with Crippen LogP contribution >= 0.6 is 22.9 Å². The lowest BCUT2D eigenvalue weighted by molar-refractivity contribution is 0.0696. The van der Waals surface area contributed by atoms with E-state index in [-0.39, 0.29) is 11.5 Å². The Labute approximate surface area is 130 Å². The second-order valence-corrected chi connectivity index (χ2v) is 6.58. The molecule has 0 saturated carbocycles. The molecule has 1 aliphatic heterocycles. The van der Waals surface area contributed by atoms with Crippen LogP contribution in [-0.4, -0.2) is 28.4 Å². The second kappa shape index (κ2) is 5.50. The Hall–Kier alpha value is -1.85. The third-order valence-corrected chi connectivity index (χ3v) is 4.76. The highest BCUT2D eigenvalue weighted by Gasteiger charge is 2.23. The molecular weight excluding hydrogens is 310 g/mol. The predicted molar refractivity (Wildman–Crippen MR) is 81.2 cm³/mol. The number of fused-ring (bicyclic) bond motifs is 1. The van der Waals surface area contributed by atoms with E-state index in [1.54, 1.807) is 29.2 Å². The Bertz CT molecular complexity index is 725. The summed E-state index contributed by atoms with van der Waals surface area (Å²) in [6, 6.07) is 8.53. The molecule has 1 aromatic heterocycles. The number of amides is 1. The van der Waals surface area contributed by atoms with Crippen molar-refractivity contribution in [1.29, 1.82) is 0 Å². The topological polar surface area (TPSA) is 57.6 Å². The van der Waals surface area contributed by atoms with Gasteiger partial charge in [-0.3, -0.25) is 4.79 Å². The van der Waals surface area contributed by atoms with E-state index in [0.29, 0.717) is 22.3 Å². The number of rotatable bonds is 2. The molecule has 0 spiro atoms. The number of thiophene rings is 1. The molecule has 2 aromatic rings. The highest BCUT2D eigenvalue weighted by molar-refractivity contribution is 7.17. The van der Waals surface area contributed by atoms with E-state index in [4.69, 9.17) is 16.7 Å². The van der Waals surface area contributed by atoms with Crippen molar-refractivity contribution in [3.63, 3.8) is 0 Å². The molecule has 6 heteroatoms. The Balaban J connectivity index is 1.84. The molecule has 1 N–H and O–H groups in total. The smallest absolute Gasteiger partial charge is 0.335 e. The van der Waals surface area contributed by atoms with E-state index in [1.165, 1.54) is 11.3 Å². The van der Waals surface area contributed by atoms with E-state index in [0.717, 1.165) is 17.5 Å². The zero-order valence-electron chi connectivity index (χ0n) is 11.0. The van der Waals surface area contributed by atoms with Gasteiger partial charge in [0.25, 0.3) is 5.91 Å². The van der Waals surface area contributed by atoms with Crippen LogP contribution in [0.1, 0.15) is 31.2 Å². The summed E-state index contributed by atoms with van der Waals surface area (Å²) in [5.41, 5.74) is 2.26. The molecule has 0 unspecified atom stereocenters. The fraction of sp³-hybridized carbons (Fsp3) is 0.200. The Kier molecular flexibility index (Phi) is 3.69. The Morgan fingerprint density at radius 2 is 2.00 bits per heavy atom. The number of carboxylic acids is 1. The quantitative estimate of drug-likeness (QED) is 0.923. The highest BCUT2D eigenvalue weighted by Crippen LogP contribution is 2.26. The number of hydrogen-bond donors (Lipinski definition) is 1. The van der Waals surface area contributed by atoms with Gasteiger partial charge in [0.2, 0.25) is 0 Å². The molecule has 4 nitrogen and oxygen atoms in total. The summed E-state index contributed by atoms with van der Waals surface area (Å²) in [4.78, 5) is 25.8. The molecule has 0 radical (unpaired) electrons. The minimum Gasteiger partial charge on any atom is -0.478 e. The molecule has 0 saturated heterocycles. The third kappa shape index (κ3) is 2.80. The molecule has 1 amide bonds. The van der Waals surface area contributed by atoms with Crippen LogP contribution in [0.2, 0.25) is 4.34 Å². The van der Waals surface area contributed by atoms with Crippen LogP contribution in [0.25, 0.3) is 0 Å². The number of carbonyl (C=O) groups is 2. The predicted octanol–water partition coefficient (Wildman–Crippen LogP) is 3.30. The summed E-state index contributed by atoms with van der Waals surface area (Å²) < 4.78 is 0.587. The first-order valence-electron chi connectivity index (χ1n) is 6.44. The zero-order valence-corrected chi connectivity index (χ0v) is 12.6. The van der Waals surface area contributed by atoms with Gasteiger partial charge in [0.05, 0.1) is 14.8 Å². The van der Waals surface area contributed by atoms with E-state index >= 15 is 0 Å². The summed E-state index contributed by atoms with van der Waals surface area (Å²) in [5, 5.41) is 9.05. The van der Waals surface area contributed by atoms with E-state index in [2.05, 4.69) is 0 Å². The largest absolute Gasteiger partial charge is 0.478 e. The molecule has 1 aliphatic rings. The van der Waals surface area contributed by atoms with Crippen molar-refractivity contribution < 1.29 is 14.7 Å². The van der Waals surface area contributed by atoms with Crippen molar-refractivity contribution in [2.75, 3.05) is 6.54 Å². The van der Waals surface area contributed by atoms with Gasteiger partial charge in [0.15, 0.2) is 0 Å². The normalized spacial score (nSPS) is 13.9. The first-order chi connectivity index (χ1) is 10.0. The number of nitrogens with zero attached hydrogens (tertiary/aromatic N) is 1. The van der Waals surface area contributed by atoms with Gasteiger partial charge in [-0.05, 0) is 41.8 Å². The Morgan fingerprint density at radius 3 is 2.67 bits per heavy atom. The second-order valence-electron chi connectivity index (χ2n) is 4.87. The molecular formula is C15H12ClNO3S. The van der Waals surface area contributed by atoms with Gasteiger partial charge in [-0.1, -0.05) is 17.7 Å². The molecule has 0 aliphatic carbocycles. The van der Waals surface area contributed by atoms with Crippen LogP contribution < -0.4 is 0 Å². The Morgan fingerprint density at radius 1 is 1.19 bits per heavy atom. The minimum absolute atomic E-state index is 0.0571. The van der Waals surface area contributed by atoms with Crippen LogP contribution in [-0.2, 0) is 13.0 Å². The molecule has 0 atom stereocenters. The number of carboxylic acid groups (broad SMARTS) is 1. The molecule has 2 heterocycles. The van der Waals surface area contributed by atoms with Gasteiger partial charge in [-0.2, -0.15) is 0 Å². The van der Waals surface area contributed by atoms with Gasteiger partial charge >= 0.3 is 5.97 Å². The summed E-state index contributed by atoms with van der Waals surface area (Å²) in [5.74, 6) is -1.01. The van der Waals surface area contributed by atoms with Crippen LogP contribution in [0.15, 0.2) is 30.3 Å². The number of aromatic carboxylic acids is 1. The minimum atomic E-state index is -0.953. The van der Waals surface area contributed by atoms with Crippen LogP contribution in [0.5, 0.6) is 0 Å². The van der Waals surface area contributed by atoms with E-state index in [9.17, 15) is 9.59 Å². The van der Waals surface area contributed by atoms with Crippen molar-refractivity contribution in [1.82, 2.24) is 4.90 Å². The van der Waals surface area contributed by atoms with Crippen LogP contribution in [0.3, 0.4) is 0 Å². The standard InChI is InChI=1S/C15H12ClNO3S/c16-13-4-3-12(21-13)14(18)17-6-5-9-1-2-10(15(19)20)7-11(9)8-17/h1-4,7H,5-6,8H2,(H,19,20). The summed E-state index contributed by atoms with van der Waals surface area (Å²) in [7, 11) is 0. The van der Waals surface area contributed by atoms with E-state index < -0.39 is 5.97 Å². The van der Waals surface area contributed by atoms with Gasteiger partial charge in [0, 0.05) is 13.1 Å². The first-order valence-corrected chi connectivity index (χ1v) is 7.64. The number of halogens is 1. The maximum Gasteiger partial charge on any atom is 0.335 e. The highest BCUT2D eigenvalue weighted by atomic mass is 35.5. The maximum atomic E-state index is 12.4. The zero-order chi connectivity index (χ0) is 15.0. The van der Waals surface area contributed by atoms with Crippen molar-refractivity contribution in [3.8, 4) is 0 Å². The van der Waals surface area contributed by atoms with Crippen molar-refractivity contribution in [2.24, 2.45) is 0 Å². The first kappa shape index (κ1) is 14.1. The number of hydrogen-bond acceptors (Lipinski definition) is 3. The van der Waals surface area contributed by atoms with Gasteiger partial charge < -0.3 is 10.0 Å². The van der Waals surface area contributed by atoms with Crippen molar-refractivity contribution >= 4 is 34.8 Å². The average Bonchev–Trinajstić information content (AvgIpc) is 2.91. The average molecular weight is 322 g/mol. The van der Waals surface area contributed by atoms with Crippen molar-refractivity contribution in [2.45, 2.75) is 13.0 Å². The number of carbonyl (C=O) groups excluding carboxylic acids is 1. The number of benzene rings is 1. The monoisotopic (exact) mass is 321 g/mol. The lowest BCUT2D eigenvalue weighted by Gasteiger charge is -2.28. The van der Waals surface area contributed by atoms with Crippen LogP contribution in [0.4, 0.5) is 0 Å². The van der Waals surface area contributed by atoms with Gasteiger partial charge in [0.1, 0.15) is 0 Å². The molecule has 0 bridgehead atoms. The summed E-state index contributed by atoms with van der Waals surface area (Å²) in [6.45, 7) is 1.07. The summed E-state index contributed by atoms with van der Waals surface area (Å²) in [6.07, 6.45) is 0.736. The molecule has 3 rings (SSSR count). The maximum absolute atomic E-state index is 12.4. The van der Waals surface area contributed by atoms with Crippen LogP contribution in [0, 0.1) is 0 Å². The lowest BCUT2D eigenvalue weighted by Crippen LogP contribution is -2.35. The molecule has 0 fully saturated rings. The third-order valence-electron chi connectivity index (χ3n) is 3.54. The molecule has 108 valence electrons. The van der Waals surface area contributed by atoms with E-state index in [1.807, 2.05) is 6.07 Å². The van der Waals surface area contributed by atoms with Gasteiger partial charge in [-0.25, -0.2) is 4.79 Å². The molecule has 21 heavy (non-hydrogen) atoms. The fourth-order valence-corrected chi connectivity index (χ4v) is 3.46. The van der Waals surface area contributed by atoms with Gasteiger partial charge in [-0.15, -0.1) is 11.3 Å².